The monoisotopic (exact) mass is 137 g/mol. The van der Waals surface area contributed by atoms with E-state index in [1.165, 1.54) is 0 Å². The Morgan fingerprint density at radius 1 is 1.67 bits per heavy atom. The zero-order valence-electron chi connectivity index (χ0n) is 5.46. The number of carbonyl (C=O) groups is 1. The van der Waals surface area contributed by atoms with Crippen LogP contribution >= 0.6 is 0 Å². The predicted octanol–water partition coefficient (Wildman–Crippen LogP) is -4.52. The molecule has 0 aromatic heterocycles. The van der Waals surface area contributed by atoms with E-state index in [2.05, 4.69) is 0 Å². The van der Waals surface area contributed by atoms with Crippen LogP contribution < -0.4 is 40.4 Å². The van der Waals surface area contributed by atoms with E-state index in [4.69, 9.17) is 5.73 Å². The molecule has 3 nitrogen and oxygen atoms in total. The van der Waals surface area contributed by atoms with E-state index in [0.29, 0.717) is 0 Å². The zero-order chi connectivity index (χ0) is 6.15. The van der Waals surface area contributed by atoms with Gasteiger partial charge in [-0.25, -0.2) is 0 Å². The molecule has 1 unspecified atom stereocenters. The van der Waals surface area contributed by atoms with Crippen LogP contribution in [-0.2, 0) is 4.79 Å². The molecule has 0 heterocycles. The second-order valence-electron chi connectivity index (χ2n) is 2.18. The van der Waals surface area contributed by atoms with Crippen molar-refractivity contribution in [2.24, 2.45) is 11.7 Å². The van der Waals surface area contributed by atoms with Crippen molar-refractivity contribution in [2.75, 3.05) is 0 Å². The summed E-state index contributed by atoms with van der Waals surface area (Å²) in [5, 5.41) is 9.94. The molecule has 2 N–H and O–H groups in total. The maximum absolute atomic E-state index is 9.94. The second-order valence-corrected chi connectivity index (χ2v) is 2.18. The minimum absolute atomic E-state index is 0. The quantitative estimate of drug-likeness (QED) is 0.390. The molecular weight excluding hydrogens is 129 g/mol. The van der Waals surface area contributed by atoms with Gasteiger partial charge in [0.15, 0.2) is 0 Å². The molecule has 0 spiro atoms. The summed E-state index contributed by atoms with van der Waals surface area (Å²) in [6.07, 6.45) is 1.91. The first kappa shape index (κ1) is 9.43. The molecule has 9 heavy (non-hydrogen) atoms. The minimum Gasteiger partial charge on any atom is -0.548 e. The van der Waals surface area contributed by atoms with Gasteiger partial charge in [0, 0.05) is 6.04 Å². The Morgan fingerprint density at radius 3 is 2.22 bits per heavy atom. The predicted molar refractivity (Wildman–Crippen MR) is 25.7 cm³/mol. The number of hydrogen-bond acceptors (Lipinski definition) is 3. The van der Waals surface area contributed by atoms with Crippen LogP contribution in [0.15, 0.2) is 0 Å². The third-order valence-electron chi connectivity index (χ3n) is 1.40. The van der Waals surface area contributed by atoms with E-state index >= 15 is 0 Å². The van der Waals surface area contributed by atoms with Gasteiger partial charge in [-0.05, 0) is 18.8 Å². The largest absolute Gasteiger partial charge is 1.00 e. The molecule has 0 bridgehead atoms. The first-order valence-corrected chi connectivity index (χ1v) is 2.68. The summed E-state index contributed by atoms with van der Waals surface area (Å²) in [7, 11) is 0. The van der Waals surface area contributed by atoms with Crippen molar-refractivity contribution in [2.45, 2.75) is 18.9 Å². The third kappa shape index (κ3) is 2.67. The molecule has 1 aliphatic carbocycles. The van der Waals surface area contributed by atoms with Gasteiger partial charge in [-0.15, -0.1) is 0 Å². The van der Waals surface area contributed by atoms with Gasteiger partial charge in [-0.3, -0.25) is 0 Å². The van der Waals surface area contributed by atoms with Crippen LogP contribution in [0.4, 0.5) is 0 Å². The summed E-state index contributed by atoms with van der Waals surface area (Å²) in [5.41, 5.74) is 5.16. The SMILES string of the molecule is NC(C(=O)[O-])C1CC1.[Na+]. The Labute approximate surface area is 75.9 Å². The van der Waals surface area contributed by atoms with E-state index < -0.39 is 12.0 Å². The van der Waals surface area contributed by atoms with E-state index in [0.717, 1.165) is 12.8 Å². The number of rotatable bonds is 2. The minimum atomic E-state index is -1.12. The normalized spacial score (nSPS) is 20.1. The molecule has 1 fully saturated rings. The Hall–Kier alpha value is 0.430. The van der Waals surface area contributed by atoms with Crippen molar-refractivity contribution in [1.29, 1.82) is 0 Å². The summed E-state index contributed by atoms with van der Waals surface area (Å²) in [6, 6.07) is -0.713. The fourth-order valence-corrected chi connectivity index (χ4v) is 0.648. The second kappa shape index (κ2) is 3.56. The van der Waals surface area contributed by atoms with Gasteiger partial charge in [0.25, 0.3) is 0 Å². The maximum atomic E-state index is 9.94. The van der Waals surface area contributed by atoms with E-state index in [9.17, 15) is 9.90 Å². The Kier molecular flexibility index (Phi) is 3.73. The molecule has 1 aliphatic rings. The number of carboxylic acid groups (broad SMARTS) is 1. The summed E-state index contributed by atoms with van der Waals surface area (Å²) in [4.78, 5) is 9.94. The van der Waals surface area contributed by atoms with Gasteiger partial charge in [0.2, 0.25) is 0 Å². The van der Waals surface area contributed by atoms with E-state index in [1.807, 2.05) is 0 Å². The standard InChI is InChI=1S/C5H9NO2.Na/c6-4(5(7)8)3-1-2-3;/h3-4H,1-2,6H2,(H,7,8);/q;+1/p-1. The van der Waals surface area contributed by atoms with Crippen LogP contribution in [0.25, 0.3) is 0 Å². The van der Waals surface area contributed by atoms with Crippen LogP contribution in [0.5, 0.6) is 0 Å². The molecule has 1 saturated carbocycles. The van der Waals surface area contributed by atoms with Crippen molar-refractivity contribution in [3.8, 4) is 0 Å². The molecule has 0 amide bonds. The molecule has 0 saturated heterocycles. The fraction of sp³-hybridized carbons (Fsp3) is 0.800. The number of hydrogen-bond donors (Lipinski definition) is 1. The molecule has 1 atom stereocenters. The summed E-state index contributed by atoms with van der Waals surface area (Å²) < 4.78 is 0. The van der Waals surface area contributed by atoms with Crippen molar-refractivity contribution >= 4 is 5.97 Å². The van der Waals surface area contributed by atoms with Crippen LogP contribution in [0, 0.1) is 5.92 Å². The van der Waals surface area contributed by atoms with Crippen molar-refractivity contribution < 1.29 is 39.5 Å². The first-order valence-electron chi connectivity index (χ1n) is 2.68. The van der Waals surface area contributed by atoms with Crippen LogP contribution in [-0.4, -0.2) is 12.0 Å². The van der Waals surface area contributed by atoms with Crippen molar-refractivity contribution in [1.82, 2.24) is 0 Å². The first-order chi connectivity index (χ1) is 3.72. The average Bonchev–Trinajstić information content (AvgIpc) is 2.43. The van der Waals surface area contributed by atoms with Crippen molar-refractivity contribution in [3.63, 3.8) is 0 Å². The van der Waals surface area contributed by atoms with Crippen LogP contribution in [0.2, 0.25) is 0 Å². The summed E-state index contributed by atoms with van der Waals surface area (Å²) in [5.74, 6) is -0.910. The van der Waals surface area contributed by atoms with Gasteiger partial charge < -0.3 is 15.6 Å². The molecular formula is C5H8NNaO2. The smallest absolute Gasteiger partial charge is 0.548 e. The fourth-order valence-electron chi connectivity index (χ4n) is 0.648. The third-order valence-corrected chi connectivity index (χ3v) is 1.40. The van der Waals surface area contributed by atoms with Gasteiger partial charge in [0.1, 0.15) is 0 Å². The van der Waals surface area contributed by atoms with Crippen LogP contribution in [0.3, 0.4) is 0 Å². The maximum Gasteiger partial charge on any atom is 1.00 e. The molecule has 0 radical (unpaired) electrons. The van der Waals surface area contributed by atoms with Gasteiger partial charge in [-0.2, -0.15) is 0 Å². The molecule has 0 aromatic rings. The molecule has 0 aromatic carbocycles. The number of aliphatic carboxylic acids is 1. The van der Waals surface area contributed by atoms with Gasteiger partial charge >= 0.3 is 29.6 Å². The summed E-state index contributed by atoms with van der Waals surface area (Å²) >= 11 is 0. The number of carboxylic acids is 1. The topological polar surface area (TPSA) is 66.2 Å². The van der Waals surface area contributed by atoms with E-state index in [1.54, 1.807) is 0 Å². The zero-order valence-corrected chi connectivity index (χ0v) is 7.46. The van der Waals surface area contributed by atoms with E-state index in [-0.39, 0.29) is 35.5 Å². The molecule has 1 rings (SSSR count). The molecule has 0 aliphatic heterocycles. The molecule has 4 heteroatoms. The Balaban J connectivity index is 0.000000640. The van der Waals surface area contributed by atoms with Gasteiger partial charge in [-0.1, -0.05) is 0 Å². The average molecular weight is 137 g/mol. The summed E-state index contributed by atoms with van der Waals surface area (Å²) in [6.45, 7) is 0. The number of nitrogens with two attached hydrogens (primary N) is 1. The van der Waals surface area contributed by atoms with Gasteiger partial charge in [0.05, 0.1) is 5.97 Å². The van der Waals surface area contributed by atoms with Crippen LogP contribution in [0.1, 0.15) is 12.8 Å². The van der Waals surface area contributed by atoms with Crippen molar-refractivity contribution in [3.05, 3.63) is 0 Å². The molecule has 46 valence electrons. The Bertz CT molecular complexity index is 114. The number of carbonyl (C=O) groups excluding carboxylic acids is 1. The Morgan fingerprint density at radius 2 is 2.11 bits per heavy atom.